The summed E-state index contributed by atoms with van der Waals surface area (Å²) in [7, 11) is 0. The van der Waals surface area contributed by atoms with Crippen LogP contribution in [0.2, 0.25) is 0 Å². The number of aliphatic carboxylic acids is 2. The van der Waals surface area contributed by atoms with E-state index in [1.807, 2.05) is 24.4 Å². The number of carboxylic acids is 2. The van der Waals surface area contributed by atoms with Gasteiger partial charge in [-0.15, -0.1) is 0 Å². The minimum Gasteiger partial charge on any atom is -0.479 e. The van der Waals surface area contributed by atoms with Gasteiger partial charge in [0.05, 0.1) is 0 Å². The third-order valence-electron chi connectivity index (χ3n) is 3.07. The molecule has 0 bridgehead atoms. The lowest BCUT2D eigenvalue weighted by Crippen LogP contribution is -2.49. The zero-order chi connectivity index (χ0) is 18.3. The SMILES string of the molecule is O=C(O)C(O)C(O)C(O)C(O)C(=O)O.c1ccc2[nH+]cccc2c1. The van der Waals surface area contributed by atoms with Crippen molar-refractivity contribution in [2.75, 3.05) is 0 Å². The number of hydrogen-bond donors (Lipinski definition) is 6. The lowest BCUT2D eigenvalue weighted by atomic mass is 10.0. The Morgan fingerprint density at radius 3 is 1.71 bits per heavy atom. The molecule has 2 rings (SSSR count). The lowest BCUT2D eigenvalue weighted by Gasteiger charge is -2.21. The van der Waals surface area contributed by atoms with Gasteiger partial charge >= 0.3 is 11.9 Å². The first kappa shape index (κ1) is 19.5. The standard InChI is InChI=1S/C9H7N.C6H10O8/c1-2-6-9-8(4-1)5-3-7-10-9;7-1(3(9)5(11)12)2(8)4(10)6(13)14/h1-7H;1-4,7-10H,(H,11,12)(H,13,14)/p+1. The van der Waals surface area contributed by atoms with Gasteiger partial charge in [-0.25, -0.2) is 14.6 Å². The smallest absolute Gasteiger partial charge is 0.335 e. The van der Waals surface area contributed by atoms with Crippen LogP contribution in [-0.4, -0.2) is 67.0 Å². The second-order valence-electron chi connectivity index (χ2n) is 4.80. The van der Waals surface area contributed by atoms with Crippen molar-refractivity contribution in [1.82, 2.24) is 0 Å². The summed E-state index contributed by atoms with van der Waals surface area (Å²) in [5, 5.41) is 52.7. The van der Waals surface area contributed by atoms with E-state index < -0.39 is 36.4 Å². The van der Waals surface area contributed by atoms with Gasteiger partial charge in [0.2, 0.25) is 5.52 Å². The van der Waals surface area contributed by atoms with Crippen molar-refractivity contribution in [3.63, 3.8) is 0 Å². The number of aliphatic hydroxyl groups excluding tert-OH is 4. The summed E-state index contributed by atoms with van der Waals surface area (Å²) in [5.41, 5.74) is 1.19. The van der Waals surface area contributed by atoms with Crippen molar-refractivity contribution in [1.29, 1.82) is 0 Å². The average molecular weight is 340 g/mol. The van der Waals surface area contributed by atoms with Crippen LogP contribution in [0.4, 0.5) is 0 Å². The van der Waals surface area contributed by atoms with E-state index in [9.17, 15) is 9.59 Å². The Labute approximate surface area is 136 Å². The fraction of sp³-hybridized carbons (Fsp3) is 0.267. The average Bonchev–Trinajstić information content (AvgIpc) is 2.59. The molecule has 9 nitrogen and oxygen atoms in total. The second-order valence-corrected chi connectivity index (χ2v) is 4.80. The van der Waals surface area contributed by atoms with Gasteiger partial charge in [-0.1, -0.05) is 12.1 Å². The number of para-hydroxylation sites is 1. The number of aromatic nitrogens is 1. The van der Waals surface area contributed by atoms with E-state index in [-0.39, 0.29) is 0 Å². The van der Waals surface area contributed by atoms with E-state index in [0.29, 0.717) is 0 Å². The fourth-order valence-electron chi connectivity index (χ4n) is 1.73. The molecule has 1 aromatic carbocycles. The highest BCUT2D eigenvalue weighted by Gasteiger charge is 2.37. The molecule has 2 aromatic rings. The van der Waals surface area contributed by atoms with Crippen LogP contribution in [0.25, 0.3) is 10.9 Å². The highest BCUT2D eigenvalue weighted by Crippen LogP contribution is 2.06. The number of pyridine rings is 1. The van der Waals surface area contributed by atoms with Crippen molar-refractivity contribution in [3.8, 4) is 0 Å². The summed E-state index contributed by atoms with van der Waals surface area (Å²) in [5.74, 6) is -3.68. The zero-order valence-electron chi connectivity index (χ0n) is 12.4. The molecule has 7 N–H and O–H groups in total. The van der Waals surface area contributed by atoms with Crippen LogP contribution in [0, 0.1) is 0 Å². The first-order valence-electron chi connectivity index (χ1n) is 6.79. The van der Waals surface area contributed by atoms with Crippen molar-refractivity contribution >= 4 is 22.8 Å². The van der Waals surface area contributed by atoms with Crippen molar-refractivity contribution < 1.29 is 45.2 Å². The third-order valence-corrected chi connectivity index (χ3v) is 3.07. The number of aliphatic hydroxyl groups is 4. The molecule has 0 amide bonds. The van der Waals surface area contributed by atoms with Gasteiger partial charge in [0.1, 0.15) is 12.2 Å². The third kappa shape index (κ3) is 5.25. The van der Waals surface area contributed by atoms with Gasteiger partial charge < -0.3 is 30.6 Å². The fourth-order valence-corrected chi connectivity index (χ4v) is 1.73. The van der Waals surface area contributed by atoms with Crippen LogP contribution in [0.5, 0.6) is 0 Å². The quantitative estimate of drug-likeness (QED) is 0.372. The van der Waals surface area contributed by atoms with E-state index in [1.54, 1.807) is 0 Å². The van der Waals surface area contributed by atoms with Crippen LogP contribution in [0.15, 0.2) is 42.6 Å². The molecular weight excluding hydrogens is 322 g/mol. The van der Waals surface area contributed by atoms with Crippen LogP contribution in [0.3, 0.4) is 0 Å². The maximum Gasteiger partial charge on any atom is 0.335 e. The Bertz CT molecular complexity index is 602. The number of H-pyrrole nitrogens is 1. The molecule has 0 radical (unpaired) electrons. The van der Waals surface area contributed by atoms with E-state index in [2.05, 4.69) is 23.2 Å². The Kier molecular flexibility index (Phi) is 7.21. The number of aromatic amines is 1. The first-order chi connectivity index (χ1) is 11.3. The van der Waals surface area contributed by atoms with Crippen LogP contribution in [-0.2, 0) is 9.59 Å². The number of hydrogen-bond acceptors (Lipinski definition) is 6. The molecule has 0 spiro atoms. The number of carbonyl (C=O) groups is 2. The van der Waals surface area contributed by atoms with Gasteiger partial charge in [0.25, 0.3) is 0 Å². The maximum absolute atomic E-state index is 10.1. The van der Waals surface area contributed by atoms with Gasteiger partial charge in [-0.3, -0.25) is 0 Å². The van der Waals surface area contributed by atoms with E-state index in [1.165, 1.54) is 10.9 Å². The van der Waals surface area contributed by atoms with E-state index in [0.717, 1.165) is 0 Å². The van der Waals surface area contributed by atoms with Crippen LogP contribution in [0.1, 0.15) is 0 Å². The molecule has 0 fully saturated rings. The van der Waals surface area contributed by atoms with Gasteiger partial charge in [-0.05, 0) is 12.1 Å². The predicted molar refractivity (Wildman–Crippen MR) is 79.8 cm³/mol. The maximum atomic E-state index is 10.1. The molecule has 1 heterocycles. The summed E-state index contributed by atoms with van der Waals surface area (Å²) >= 11 is 0. The van der Waals surface area contributed by atoms with Crippen molar-refractivity contribution in [2.45, 2.75) is 24.4 Å². The largest absolute Gasteiger partial charge is 0.479 e. The van der Waals surface area contributed by atoms with Crippen molar-refractivity contribution in [2.24, 2.45) is 0 Å². The Morgan fingerprint density at radius 2 is 1.25 bits per heavy atom. The summed E-state index contributed by atoms with van der Waals surface area (Å²) in [4.78, 5) is 23.3. The topological polar surface area (TPSA) is 170 Å². The molecule has 0 aliphatic heterocycles. The number of benzene rings is 1. The number of rotatable bonds is 5. The predicted octanol–water partition coefficient (Wildman–Crippen LogP) is -1.75. The van der Waals surface area contributed by atoms with Gasteiger partial charge in [-0.2, -0.15) is 0 Å². The molecule has 130 valence electrons. The molecule has 4 unspecified atom stereocenters. The number of nitrogens with one attached hydrogen (secondary N) is 1. The molecule has 9 heteroatoms. The molecule has 4 atom stereocenters. The molecule has 0 aliphatic rings. The highest BCUT2D eigenvalue weighted by atomic mass is 16.4. The summed E-state index contributed by atoms with van der Waals surface area (Å²) in [6.07, 6.45) is -7.35. The second kappa shape index (κ2) is 8.89. The van der Waals surface area contributed by atoms with Gasteiger partial charge in [0.15, 0.2) is 18.4 Å². The Balaban J connectivity index is 0.000000250. The first-order valence-corrected chi connectivity index (χ1v) is 6.79. The minimum atomic E-state index is -2.36. The highest BCUT2D eigenvalue weighted by molar-refractivity contribution is 5.75. The van der Waals surface area contributed by atoms with E-state index in [4.69, 9.17) is 30.6 Å². The molecule has 0 aliphatic carbocycles. The van der Waals surface area contributed by atoms with Crippen molar-refractivity contribution in [3.05, 3.63) is 42.6 Å². The monoisotopic (exact) mass is 340 g/mol. The van der Waals surface area contributed by atoms with Crippen LogP contribution < -0.4 is 4.98 Å². The minimum absolute atomic E-state index is 1.19. The Morgan fingerprint density at radius 1 is 0.792 bits per heavy atom. The molecular formula is C15H18NO8+. The molecule has 0 saturated carbocycles. The summed E-state index contributed by atoms with van der Waals surface area (Å²) < 4.78 is 0. The number of carboxylic acid groups (broad SMARTS) is 2. The Hall–Kier alpha value is -2.59. The zero-order valence-corrected chi connectivity index (χ0v) is 12.4. The summed E-state index contributed by atoms with van der Waals surface area (Å²) in [6.45, 7) is 0. The van der Waals surface area contributed by atoms with Crippen LogP contribution >= 0.6 is 0 Å². The normalized spacial score (nSPS) is 15.5. The molecule has 1 aromatic heterocycles. The van der Waals surface area contributed by atoms with Gasteiger partial charge in [0, 0.05) is 17.5 Å². The number of fused-ring (bicyclic) bond motifs is 1. The molecule has 0 saturated heterocycles. The lowest BCUT2D eigenvalue weighted by molar-refractivity contribution is -0.344. The van der Waals surface area contributed by atoms with E-state index >= 15 is 0 Å². The summed E-state index contributed by atoms with van der Waals surface area (Å²) in [6, 6.07) is 12.3. The molecule has 24 heavy (non-hydrogen) atoms.